The molecule has 0 unspecified atom stereocenters. The van der Waals surface area contributed by atoms with Crippen molar-refractivity contribution in [3.63, 3.8) is 0 Å². The molecule has 0 bridgehead atoms. The summed E-state index contributed by atoms with van der Waals surface area (Å²) in [5.74, 6) is -0.0870. The number of halogens is 2. The second-order valence-electron chi connectivity index (χ2n) is 4.50. The lowest BCUT2D eigenvalue weighted by atomic mass is 10.2. The predicted octanol–water partition coefficient (Wildman–Crippen LogP) is 1.54. The van der Waals surface area contributed by atoms with Crippen LogP contribution in [-0.4, -0.2) is 48.5 Å². The first-order valence-corrected chi connectivity index (χ1v) is 6.87. The highest BCUT2D eigenvalue weighted by atomic mass is 35.5. The van der Waals surface area contributed by atoms with E-state index in [1.54, 1.807) is 6.07 Å². The Labute approximate surface area is 122 Å². The Morgan fingerprint density at radius 3 is 2.79 bits per heavy atom. The molecule has 2 N–H and O–H groups in total. The van der Waals surface area contributed by atoms with Crippen LogP contribution in [-0.2, 0) is 4.79 Å². The van der Waals surface area contributed by atoms with Gasteiger partial charge in [-0.15, -0.1) is 0 Å². The molecular formula is C12H16Cl2N4O. The molecule has 0 saturated carbocycles. The summed E-state index contributed by atoms with van der Waals surface area (Å²) in [7, 11) is 0. The molecule has 104 valence electrons. The van der Waals surface area contributed by atoms with Crippen LogP contribution < -0.4 is 10.6 Å². The normalized spacial score (nSPS) is 16.4. The quantitative estimate of drug-likeness (QED) is 0.832. The van der Waals surface area contributed by atoms with Crippen molar-refractivity contribution in [2.75, 3.05) is 38.0 Å². The number of aryl methyl sites for hydroxylation is 1. The molecular weight excluding hydrogens is 287 g/mol. The molecule has 1 amide bonds. The molecule has 1 aromatic rings. The molecule has 7 heteroatoms. The van der Waals surface area contributed by atoms with E-state index in [0.717, 1.165) is 31.7 Å². The maximum atomic E-state index is 12.0. The van der Waals surface area contributed by atoms with Gasteiger partial charge in [-0.05, 0) is 18.6 Å². The van der Waals surface area contributed by atoms with Crippen molar-refractivity contribution in [3.05, 3.63) is 21.9 Å². The van der Waals surface area contributed by atoms with E-state index in [1.807, 2.05) is 6.92 Å². The zero-order chi connectivity index (χ0) is 13.8. The number of nitrogens with zero attached hydrogens (tertiary/aromatic N) is 2. The van der Waals surface area contributed by atoms with Crippen molar-refractivity contribution in [3.8, 4) is 0 Å². The van der Waals surface area contributed by atoms with Gasteiger partial charge in [0.05, 0.1) is 12.2 Å². The maximum absolute atomic E-state index is 12.0. The van der Waals surface area contributed by atoms with Gasteiger partial charge in [-0.1, -0.05) is 23.2 Å². The molecule has 1 aromatic heterocycles. The Kier molecular flexibility index (Phi) is 4.99. The molecule has 1 aliphatic rings. The Bertz CT molecular complexity index is 452. The summed E-state index contributed by atoms with van der Waals surface area (Å²) < 4.78 is 0. The van der Waals surface area contributed by atoms with Crippen molar-refractivity contribution in [2.45, 2.75) is 6.92 Å². The monoisotopic (exact) mass is 302 g/mol. The lowest BCUT2D eigenvalue weighted by molar-refractivity contribution is -0.117. The minimum absolute atomic E-state index is 0.0870. The molecule has 2 heterocycles. The number of amides is 1. The van der Waals surface area contributed by atoms with Crippen LogP contribution in [0.3, 0.4) is 0 Å². The summed E-state index contributed by atoms with van der Waals surface area (Å²) in [6, 6.07) is 1.67. The van der Waals surface area contributed by atoms with Crippen LogP contribution in [0.15, 0.2) is 6.07 Å². The van der Waals surface area contributed by atoms with Gasteiger partial charge >= 0.3 is 0 Å². The molecule has 19 heavy (non-hydrogen) atoms. The number of rotatable bonds is 3. The maximum Gasteiger partial charge on any atom is 0.238 e. The van der Waals surface area contributed by atoms with Crippen molar-refractivity contribution in [1.29, 1.82) is 0 Å². The van der Waals surface area contributed by atoms with Crippen molar-refractivity contribution >= 4 is 34.8 Å². The smallest absolute Gasteiger partial charge is 0.238 e. The van der Waals surface area contributed by atoms with Gasteiger partial charge in [0.2, 0.25) is 5.91 Å². The van der Waals surface area contributed by atoms with Gasteiger partial charge in [0.15, 0.2) is 5.15 Å². The summed E-state index contributed by atoms with van der Waals surface area (Å²) in [5, 5.41) is 6.58. The van der Waals surface area contributed by atoms with Gasteiger partial charge in [0.25, 0.3) is 0 Å². The molecule has 1 fully saturated rings. The zero-order valence-electron chi connectivity index (χ0n) is 10.7. The third kappa shape index (κ3) is 4.04. The molecule has 5 nitrogen and oxygen atoms in total. The number of piperazine rings is 1. The largest absolute Gasteiger partial charge is 0.322 e. The van der Waals surface area contributed by atoms with E-state index in [1.165, 1.54) is 0 Å². The topological polar surface area (TPSA) is 57.3 Å². The summed E-state index contributed by atoms with van der Waals surface area (Å²) in [6.45, 7) is 5.77. The lowest BCUT2D eigenvalue weighted by Crippen LogP contribution is -2.46. The third-order valence-electron chi connectivity index (χ3n) is 2.98. The van der Waals surface area contributed by atoms with Gasteiger partial charge < -0.3 is 10.6 Å². The first kappa shape index (κ1) is 14.5. The molecule has 2 rings (SSSR count). The second kappa shape index (κ2) is 6.52. The fraction of sp³-hybridized carbons (Fsp3) is 0.500. The van der Waals surface area contributed by atoms with Gasteiger partial charge in [-0.3, -0.25) is 9.69 Å². The van der Waals surface area contributed by atoms with E-state index in [4.69, 9.17) is 23.2 Å². The van der Waals surface area contributed by atoms with Gasteiger partial charge in [0, 0.05) is 26.2 Å². The number of carbonyl (C=O) groups excluding carboxylic acids is 1. The van der Waals surface area contributed by atoms with Crippen molar-refractivity contribution in [1.82, 2.24) is 15.2 Å². The lowest BCUT2D eigenvalue weighted by Gasteiger charge is -2.26. The molecule has 0 atom stereocenters. The molecule has 0 spiro atoms. The van der Waals surface area contributed by atoms with Crippen LogP contribution in [0.5, 0.6) is 0 Å². The summed E-state index contributed by atoms with van der Waals surface area (Å²) in [5.41, 5.74) is 1.34. The van der Waals surface area contributed by atoms with Gasteiger partial charge in [0.1, 0.15) is 5.15 Å². The van der Waals surface area contributed by atoms with Crippen LogP contribution in [0.1, 0.15) is 5.56 Å². The third-order valence-corrected chi connectivity index (χ3v) is 3.45. The average molecular weight is 303 g/mol. The standard InChI is InChI=1S/C12H16Cl2N4O/c1-8-6-9(13)16-12(14)11(8)17-10(19)7-18-4-2-15-3-5-18/h6,15H,2-5,7H2,1H3,(H,17,19). The van der Waals surface area contributed by atoms with Crippen LogP contribution in [0, 0.1) is 6.92 Å². The molecule has 1 aliphatic heterocycles. The van der Waals surface area contributed by atoms with E-state index in [0.29, 0.717) is 17.4 Å². The van der Waals surface area contributed by atoms with Crippen molar-refractivity contribution in [2.24, 2.45) is 0 Å². The molecule has 0 radical (unpaired) electrons. The highest BCUT2D eigenvalue weighted by Gasteiger charge is 2.16. The number of hydrogen-bond donors (Lipinski definition) is 2. The zero-order valence-corrected chi connectivity index (χ0v) is 12.2. The molecule has 1 saturated heterocycles. The number of carbonyl (C=O) groups is 1. The van der Waals surface area contributed by atoms with Gasteiger partial charge in [-0.25, -0.2) is 4.98 Å². The fourth-order valence-electron chi connectivity index (χ4n) is 2.00. The van der Waals surface area contributed by atoms with Gasteiger partial charge in [-0.2, -0.15) is 0 Å². The van der Waals surface area contributed by atoms with E-state index < -0.39 is 0 Å². The van der Waals surface area contributed by atoms with Crippen LogP contribution in [0.4, 0.5) is 5.69 Å². The second-order valence-corrected chi connectivity index (χ2v) is 5.25. The SMILES string of the molecule is Cc1cc(Cl)nc(Cl)c1NC(=O)CN1CCNCC1. The van der Waals surface area contributed by atoms with E-state index >= 15 is 0 Å². The number of aromatic nitrogens is 1. The van der Waals surface area contributed by atoms with E-state index in [-0.39, 0.29) is 11.1 Å². The Morgan fingerprint density at radius 1 is 1.47 bits per heavy atom. The Balaban J connectivity index is 1.98. The Hall–Kier alpha value is -0.880. The minimum atomic E-state index is -0.0870. The predicted molar refractivity (Wildman–Crippen MR) is 76.9 cm³/mol. The van der Waals surface area contributed by atoms with Crippen LogP contribution in [0.2, 0.25) is 10.3 Å². The first-order valence-electron chi connectivity index (χ1n) is 6.12. The number of anilines is 1. The average Bonchev–Trinajstić information content (AvgIpc) is 2.35. The first-order chi connectivity index (χ1) is 9.06. The minimum Gasteiger partial charge on any atom is -0.322 e. The van der Waals surface area contributed by atoms with E-state index in [9.17, 15) is 4.79 Å². The molecule has 0 aromatic carbocycles. The van der Waals surface area contributed by atoms with Crippen LogP contribution >= 0.6 is 23.2 Å². The Morgan fingerprint density at radius 2 is 2.16 bits per heavy atom. The highest BCUT2D eigenvalue weighted by Crippen LogP contribution is 2.26. The number of pyridine rings is 1. The van der Waals surface area contributed by atoms with E-state index in [2.05, 4.69) is 20.5 Å². The number of nitrogens with one attached hydrogen (secondary N) is 2. The van der Waals surface area contributed by atoms with Crippen LogP contribution in [0.25, 0.3) is 0 Å². The fourth-order valence-corrected chi connectivity index (χ4v) is 2.58. The van der Waals surface area contributed by atoms with Crippen molar-refractivity contribution < 1.29 is 4.79 Å². The summed E-state index contributed by atoms with van der Waals surface area (Å²) >= 11 is 11.8. The summed E-state index contributed by atoms with van der Waals surface area (Å²) in [4.78, 5) is 18.0. The number of hydrogen-bond acceptors (Lipinski definition) is 4. The highest BCUT2D eigenvalue weighted by molar-refractivity contribution is 6.34. The summed E-state index contributed by atoms with van der Waals surface area (Å²) in [6.07, 6.45) is 0. The molecule has 0 aliphatic carbocycles.